The van der Waals surface area contributed by atoms with Gasteiger partial charge < -0.3 is 20.3 Å². The van der Waals surface area contributed by atoms with Gasteiger partial charge in [0, 0.05) is 39.4 Å². The molecule has 172 valence electrons. The van der Waals surface area contributed by atoms with Crippen LogP contribution in [0.3, 0.4) is 0 Å². The van der Waals surface area contributed by atoms with Gasteiger partial charge in [-0.05, 0) is 51.2 Å². The van der Waals surface area contributed by atoms with Crippen LogP contribution in [0.1, 0.15) is 46.6 Å². The van der Waals surface area contributed by atoms with Crippen molar-refractivity contribution in [2.24, 2.45) is 10.9 Å². The number of amides is 1. The zero-order valence-electron chi connectivity index (χ0n) is 19.2. The van der Waals surface area contributed by atoms with E-state index in [0.29, 0.717) is 11.1 Å². The molecule has 7 nitrogen and oxygen atoms in total. The number of rotatable bonds is 8. The highest BCUT2D eigenvalue weighted by atomic mass is 127. The monoisotopic (exact) mass is 553 g/mol. The maximum atomic E-state index is 12.1. The Morgan fingerprint density at radius 1 is 1.33 bits per heavy atom. The number of pyridine rings is 1. The zero-order chi connectivity index (χ0) is 22.0. The highest BCUT2D eigenvalue weighted by molar-refractivity contribution is 14.0. The average Bonchev–Trinajstić information content (AvgIpc) is 2.61. The molecule has 0 saturated heterocycles. The largest absolute Gasteiger partial charge is 0.444 e. The predicted molar refractivity (Wildman–Crippen MR) is 135 cm³/mol. The van der Waals surface area contributed by atoms with E-state index >= 15 is 0 Å². The Bertz CT molecular complexity index is 662. The van der Waals surface area contributed by atoms with E-state index in [2.05, 4.69) is 39.4 Å². The van der Waals surface area contributed by atoms with Crippen LogP contribution in [0, 0.1) is 5.92 Å². The van der Waals surface area contributed by atoms with Crippen molar-refractivity contribution in [3.63, 3.8) is 0 Å². The van der Waals surface area contributed by atoms with Crippen molar-refractivity contribution in [2.45, 2.75) is 59.1 Å². The van der Waals surface area contributed by atoms with Crippen LogP contribution in [-0.4, -0.2) is 60.8 Å². The molecule has 0 saturated carbocycles. The molecule has 0 bridgehead atoms. The Hall–Kier alpha value is -1.29. The van der Waals surface area contributed by atoms with Gasteiger partial charge >= 0.3 is 6.09 Å². The maximum Gasteiger partial charge on any atom is 0.407 e. The first-order valence-electron chi connectivity index (χ1n) is 10.0. The molecule has 0 radical (unpaired) electrons. The molecule has 30 heavy (non-hydrogen) atoms. The molecule has 1 aromatic rings. The Kier molecular flexibility index (Phi) is 13.3. The van der Waals surface area contributed by atoms with Gasteiger partial charge in [-0.25, -0.2) is 9.78 Å². The lowest BCUT2D eigenvalue weighted by molar-refractivity contribution is 0.0486. The van der Waals surface area contributed by atoms with E-state index < -0.39 is 5.60 Å². The Balaban J connectivity index is 0.00000841. The summed E-state index contributed by atoms with van der Waals surface area (Å²) in [5.41, 5.74) is 0.606. The third kappa shape index (κ3) is 11.8. The van der Waals surface area contributed by atoms with Gasteiger partial charge in [-0.1, -0.05) is 31.5 Å². The van der Waals surface area contributed by atoms with Crippen LogP contribution in [0.5, 0.6) is 0 Å². The van der Waals surface area contributed by atoms with Gasteiger partial charge in [0.2, 0.25) is 0 Å². The smallest absolute Gasteiger partial charge is 0.407 e. The Morgan fingerprint density at radius 2 is 2.00 bits per heavy atom. The normalized spacial score (nSPS) is 12.8. The topological polar surface area (TPSA) is 78.9 Å². The summed E-state index contributed by atoms with van der Waals surface area (Å²) in [6.07, 6.45) is 3.02. The lowest BCUT2D eigenvalue weighted by atomic mass is 10.0. The molecular weight excluding hydrogens is 517 g/mol. The molecular formula is C21H37ClIN5O2. The number of carbonyl (C=O) groups excluding carboxylic acids is 1. The molecule has 1 aromatic heterocycles. The number of carbonyl (C=O) groups is 1. The minimum atomic E-state index is -0.506. The van der Waals surface area contributed by atoms with Crippen molar-refractivity contribution in [3.8, 4) is 0 Å². The lowest BCUT2D eigenvalue weighted by Gasteiger charge is -2.28. The van der Waals surface area contributed by atoms with Crippen molar-refractivity contribution >= 4 is 47.6 Å². The molecule has 1 unspecified atom stereocenters. The van der Waals surface area contributed by atoms with Gasteiger partial charge in [-0.15, -0.1) is 24.0 Å². The molecule has 0 aliphatic rings. The van der Waals surface area contributed by atoms with Crippen molar-refractivity contribution in [1.29, 1.82) is 0 Å². The van der Waals surface area contributed by atoms with E-state index in [-0.39, 0.29) is 36.1 Å². The van der Waals surface area contributed by atoms with Crippen molar-refractivity contribution in [2.75, 3.05) is 27.2 Å². The molecule has 0 fully saturated rings. The molecule has 1 amide bonds. The average molecular weight is 554 g/mol. The summed E-state index contributed by atoms with van der Waals surface area (Å²) in [6.45, 7) is 11.3. The van der Waals surface area contributed by atoms with Crippen LogP contribution in [-0.2, 0) is 11.2 Å². The number of alkyl carbamates (subject to hydrolysis) is 1. The van der Waals surface area contributed by atoms with Crippen LogP contribution >= 0.6 is 35.6 Å². The van der Waals surface area contributed by atoms with E-state index in [1.165, 1.54) is 0 Å². The Labute approximate surface area is 203 Å². The summed E-state index contributed by atoms with van der Waals surface area (Å²) in [5.74, 6) is 1.11. The molecule has 0 aliphatic heterocycles. The third-order valence-electron chi connectivity index (χ3n) is 4.34. The number of hydrogen-bond donors (Lipinski definition) is 2. The van der Waals surface area contributed by atoms with Crippen molar-refractivity contribution in [1.82, 2.24) is 20.5 Å². The molecule has 0 spiro atoms. The van der Waals surface area contributed by atoms with Crippen LogP contribution < -0.4 is 10.6 Å². The third-order valence-corrected chi connectivity index (χ3v) is 4.56. The quantitative estimate of drug-likeness (QED) is 0.217. The van der Waals surface area contributed by atoms with Crippen LogP contribution in [0.15, 0.2) is 23.3 Å². The van der Waals surface area contributed by atoms with Gasteiger partial charge in [-0.3, -0.25) is 4.99 Å². The molecule has 1 rings (SSSR count). The second-order valence-electron chi connectivity index (χ2n) is 8.42. The van der Waals surface area contributed by atoms with E-state index in [1.807, 2.05) is 33.9 Å². The minimum Gasteiger partial charge on any atom is -0.444 e. The fraction of sp³-hybridized carbons (Fsp3) is 0.667. The van der Waals surface area contributed by atoms with Gasteiger partial charge in [0.15, 0.2) is 5.96 Å². The van der Waals surface area contributed by atoms with E-state index in [4.69, 9.17) is 16.3 Å². The zero-order valence-corrected chi connectivity index (χ0v) is 22.2. The van der Waals surface area contributed by atoms with E-state index in [0.717, 1.165) is 37.5 Å². The fourth-order valence-electron chi connectivity index (χ4n) is 2.73. The SMILES string of the molecule is CN=C(NCCc1ccc(Cl)nc1)N(C)CCC(NC(=O)OC(C)(C)C)C(C)C.I. The number of nitrogens with one attached hydrogen (secondary N) is 2. The first kappa shape index (κ1) is 28.7. The van der Waals surface area contributed by atoms with Crippen LogP contribution in [0.25, 0.3) is 0 Å². The highest BCUT2D eigenvalue weighted by Gasteiger charge is 2.22. The summed E-state index contributed by atoms with van der Waals surface area (Å²) in [4.78, 5) is 22.6. The summed E-state index contributed by atoms with van der Waals surface area (Å²) < 4.78 is 5.38. The van der Waals surface area contributed by atoms with Crippen LogP contribution in [0.2, 0.25) is 5.15 Å². The number of ether oxygens (including phenoxy) is 1. The fourth-order valence-corrected chi connectivity index (χ4v) is 2.84. The lowest BCUT2D eigenvalue weighted by Crippen LogP contribution is -2.45. The number of halogens is 2. The predicted octanol–water partition coefficient (Wildman–Crippen LogP) is 4.34. The number of guanidine groups is 1. The number of nitrogens with zero attached hydrogens (tertiary/aromatic N) is 3. The number of hydrogen-bond acceptors (Lipinski definition) is 4. The Morgan fingerprint density at radius 3 is 2.50 bits per heavy atom. The first-order chi connectivity index (χ1) is 13.5. The minimum absolute atomic E-state index is 0. The summed E-state index contributed by atoms with van der Waals surface area (Å²) in [5, 5.41) is 6.85. The van der Waals surface area contributed by atoms with Gasteiger partial charge in [0.25, 0.3) is 0 Å². The van der Waals surface area contributed by atoms with Gasteiger partial charge in [0.05, 0.1) is 0 Å². The van der Waals surface area contributed by atoms with Crippen LogP contribution in [0.4, 0.5) is 4.79 Å². The summed E-state index contributed by atoms with van der Waals surface area (Å²) in [6, 6.07) is 3.78. The second kappa shape index (κ2) is 13.9. The van der Waals surface area contributed by atoms with Gasteiger partial charge in [-0.2, -0.15) is 0 Å². The highest BCUT2D eigenvalue weighted by Crippen LogP contribution is 2.11. The first-order valence-corrected chi connectivity index (χ1v) is 10.4. The van der Waals surface area contributed by atoms with Gasteiger partial charge in [0.1, 0.15) is 10.8 Å². The van der Waals surface area contributed by atoms with E-state index in [9.17, 15) is 4.79 Å². The number of aromatic nitrogens is 1. The van der Waals surface area contributed by atoms with Crippen molar-refractivity contribution in [3.05, 3.63) is 29.0 Å². The number of aliphatic imine (C=N–C) groups is 1. The van der Waals surface area contributed by atoms with E-state index in [1.54, 1.807) is 19.3 Å². The molecule has 0 aliphatic carbocycles. The molecule has 1 atom stereocenters. The summed E-state index contributed by atoms with van der Waals surface area (Å²) in [7, 11) is 3.76. The summed E-state index contributed by atoms with van der Waals surface area (Å²) >= 11 is 5.82. The maximum absolute atomic E-state index is 12.1. The van der Waals surface area contributed by atoms with Crippen molar-refractivity contribution < 1.29 is 9.53 Å². The molecule has 0 aromatic carbocycles. The molecule has 9 heteroatoms. The molecule has 2 N–H and O–H groups in total. The molecule has 1 heterocycles. The second-order valence-corrected chi connectivity index (χ2v) is 8.81. The standard InChI is InChI=1S/C21H36ClN5O2.HI/c1-15(2)17(26-20(28)29-21(3,4)5)11-13-27(7)19(23-6)24-12-10-16-8-9-18(22)25-14-16;/h8-9,14-15,17H,10-13H2,1-7H3,(H,23,24)(H,26,28);1H.